The number of aliphatic hydroxyl groups excluding tert-OH is 1. The van der Waals surface area contributed by atoms with Crippen LogP contribution >= 0.6 is 11.6 Å². The summed E-state index contributed by atoms with van der Waals surface area (Å²) < 4.78 is 0. The minimum Gasteiger partial charge on any atom is -0.386 e. The van der Waals surface area contributed by atoms with Crippen LogP contribution in [0.5, 0.6) is 0 Å². The average Bonchev–Trinajstić information content (AvgIpc) is 2.92. The first-order valence-corrected chi connectivity index (χ1v) is 6.84. The first kappa shape index (κ1) is 14.1. The predicted octanol–water partition coefficient (Wildman–Crippen LogP) is 2.84. The van der Waals surface area contributed by atoms with Gasteiger partial charge in [-0.25, -0.2) is 0 Å². The van der Waals surface area contributed by atoms with Gasteiger partial charge in [0.25, 0.3) is 0 Å². The van der Waals surface area contributed by atoms with Crippen LogP contribution in [0, 0.1) is 5.92 Å². The minimum atomic E-state index is -0.726. The van der Waals surface area contributed by atoms with Crippen LogP contribution < -0.4 is 5.32 Å². The lowest BCUT2D eigenvalue weighted by molar-refractivity contribution is -0.126. The van der Waals surface area contributed by atoms with Crippen molar-refractivity contribution in [3.8, 4) is 0 Å². The van der Waals surface area contributed by atoms with Crippen LogP contribution in [0.2, 0.25) is 5.02 Å². The third-order valence-corrected chi connectivity index (χ3v) is 3.69. The largest absolute Gasteiger partial charge is 0.386 e. The van der Waals surface area contributed by atoms with Gasteiger partial charge >= 0.3 is 0 Å². The van der Waals surface area contributed by atoms with E-state index in [-0.39, 0.29) is 17.9 Å². The molecule has 1 aromatic carbocycles. The van der Waals surface area contributed by atoms with E-state index in [2.05, 4.69) is 5.32 Å². The number of benzene rings is 1. The van der Waals surface area contributed by atoms with Crippen molar-refractivity contribution in [1.29, 1.82) is 0 Å². The summed E-state index contributed by atoms with van der Waals surface area (Å²) in [6, 6.07) is 6.68. The van der Waals surface area contributed by atoms with E-state index in [0.717, 1.165) is 18.4 Å². The molecule has 0 saturated carbocycles. The zero-order valence-corrected chi connectivity index (χ0v) is 11.6. The van der Waals surface area contributed by atoms with Gasteiger partial charge in [-0.05, 0) is 37.5 Å². The average molecular weight is 280 g/mol. The molecule has 2 rings (SSSR count). The van der Waals surface area contributed by atoms with Gasteiger partial charge < -0.3 is 10.4 Å². The molecule has 102 valence electrons. The zero-order chi connectivity index (χ0) is 13.8. The summed E-state index contributed by atoms with van der Waals surface area (Å²) in [6.07, 6.45) is 4.89. The summed E-state index contributed by atoms with van der Waals surface area (Å²) in [7, 11) is 0. The second-order valence-corrected chi connectivity index (χ2v) is 5.37. The van der Waals surface area contributed by atoms with Gasteiger partial charge in [0, 0.05) is 10.9 Å². The number of halogens is 1. The molecule has 2 atom stereocenters. The van der Waals surface area contributed by atoms with Crippen LogP contribution in [0.4, 0.5) is 0 Å². The van der Waals surface area contributed by atoms with Crippen molar-refractivity contribution in [2.45, 2.75) is 31.9 Å². The summed E-state index contributed by atoms with van der Waals surface area (Å²) in [4.78, 5) is 12.0. The van der Waals surface area contributed by atoms with E-state index in [0.29, 0.717) is 5.02 Å². The molecule has 0 radical (unpaired) electrons. The lowest BCUT2D eigenvalue weighted by atomic mass is 10.0. The summed E-state index contributed by atoms with van der Waals surface area (Å²) >= 11 is 5.81. The molecule has 0 heterocycles. The van der Waals surface area contributed by atoms with Gasteiger partial charge in [0.1, 0.15) is 0 Å². The zero-order valence-electron chi connectivity index (χ0n) is 10.8. The van der Waals surface area contributed by atoms with Gasteiger partial charge in [0.2, 0.25) is 5.91 Å². The van der Waals surface area contributed by atoms with Crippen LogP contribution in [-0.4, -0.2) is 17.1 Å². The maximum absolute atomic E-state index is 12.0. The van der Waals surface area contributed by atoms with Crippen LogP contribution in [-0.2, 0) is 4.79 Å². The highest BCUT2D eigenvalue weighted by atomic mass is 35.5. The number of nitrogens with one attached hydrogen (secondary N) is 1. The van der Waals surface area contributed by atoms with Gasteiger partial charge in [-0.15, -0.1) is 0 Å². The summed E-state index contributed by atoms with van der Waals surface area (Å²) in [6.45, 7) is 1.81. The Morgan fingerprint density at radius 3 is 2.47 bits per heavy atom. The smallest absolute Gasteiger partial charge is 0.224 e. The highest BCUT2D eigenvalue weighted by Gasteiger charge is 2.24. The van der Waals surface area contributed by atoms with Crippen molar-refractivity contribution in [3.63, 3.8) is 0 Å². The Hall–Kier alpha value is -1.32. The van der Waals surface area contributed by atoms with E-state index < -0.39 is 6.10 Å². The second-order valence-electron chi connectivity index (χ2n) is 4.93. The van der Waals surface area contributed by atoms with Crippen molar-refractivity contribution in [2.75, 3.05) is 0 Å². The molecule has 1 aromatic rings. The Bertz CT molecular complexity index is 462. The Labute approximate surface area is 118 Å². The first-order chi connectivity index (χ1) is 9.08. The molecule has 0 spiro atoms. The number of hydrogen-bond acceptors (Lipinski definition) is 2. The second kappa shape index (κ2) is 6.22. The predicted molar refractivity (Wildman–Crippen MR) is 75.9 cm³/mol. The van der Waals surface area contributed by atoms with Crippen LogP contribution in [0.3, 0.4) is 0 Å². The SMILES string of the molecule is CC(NC(=O)C1CC=CC1)C(O)c1ccc(Cl)cc1. The van der Waals surface area contributed by atoms with E-state index in [4.69, 9.17) is 11.6 Å². The number of hydrogen-bond donors (Lipinski definition) is 2. The fraction of sp³-hybridized carbons (Fsp3) is 0.400. The van der Waals surface area contributed by atoms with E-state index in [1.165, 1.54) is 0 Å². The number of amides is 1. The Balaban J connectivity index is 1.93. The summed E-state index contributed by atoms with van der Waals surface area (Å²) in [5, 5.41) is 13.7. The molecule has 0 bridgehead atoms. The monoisotopic (exact) mass is 279 g/mol. The molecule has 4 heteroatoms. The lowest BCUT2D eigenvalue weighted by Crippen LogP contribution is -2.40. The summed E-state index contributed by atoms with van der Waals surface area (Å²) in [5.41, 5.74) is 0.752. The molecule has 1 aliphatic carbocycles. The summed E-state index contributed by atoms with van der Waals surface area (Å²) in [5.74, 6) is 0.0189. The molecule has 2 unspecified atom stereocenters. The van der Waals surface area contributed by atoms with Crippen LogP contribution in [0.15, 0.2) is 36.4 Å². The third kappa shape index (κ3) is 3.58. The molecule has 1 aliphatic rings. The Morgan fingerprint density at radius 1 is 1.32 bits per heavy atom. The maximum Gasteiger partial charge on any atom is 0.224 e. The van der Waals surface area contributed by atoms with E-state index >= 15 is 0 Å². The molecule has 3 nitrogen and oxygen atoms in total. The number of carbonyl (C=O) groups excluding carboxylic acids is 1. The van der Waals surface area contributed by atoms with E-state index in [1.54, 1.807) is 31.2 Å². The van der Waals surface area contributed by atoms with Gasteiger partial charge in [-0.2, -0.15) is 0 Å². The van der Waals surface area contributed by atoms with E-state index in [1.807, 2.05) is 12.2 Å². The molecule has 2 N–H and O–H groups in total. The minimum absolute atomic E-state index is 0.00511. The first-order valence-electron chi connectivity index (χ1n) is 6.47. The number of allylic oxidation sites excluding steroid dienone is 2. The van der Waals surface area contributed by atoms with Crippen LogP contribution in [0.25, 0.3) is 0 Å². The number of aliphatic hydroxyl groups is 1. The molecule has 19 heavy (non-hydrogen) atoms. The maximum atomic E-state index is 12.0. The normalized spacial score (nSPS) is 18.3. The molecular weight excluding hydrogens is 262 g/mol. The topological polar surface area (TPSA) is 49.3 Å². The quantitative estimate of drug-likeness (QED) is 0.833. The highest BCUT2D eigenvalue weighted by molar-refractivity contribution is 6.30. The lowest BCUT2D eigenvalue weighted by Gasteiger charge is -2.22. The van der Waals surface area contributed by atoms with Crippen molar-refractivity contribution >= 4 is 17.5 Å². The third-order valence-electron chi connectivity index (χ3n) is 3.43. The van der Waals surface area contributed by atoms with Crippen molar-refractivity contribution in [2.24, 2.45) is 5.92 Å². The highest BCUT2D eigenvalue weighted by Crippen LogP contribution is 2.21. The van der Waals surface area contributed by atoms with Crippen molar-refractivity contribution < 1.29 is 9.90 Å². The molecular formula is C15H18ClNO2. The number of rotatable bonds is 4. The van der Waals surface area contributed by atoms with Gasteiger partial charge in [0.15, 0.2) is 0 Å². The molecule has 0 saturated heterocycles. The molecule has 1 amide bonds. The standard InChI is InChI=1S/C15H18ClNO2/c1-10(17-15(19)12-4-2-3-5-12)14(18)11-6-8-13(16)9-7-11/h2-3,6-10,12,14,18H,4-5H2,1H3,(H,17,19). The molecule has 0 fully saturated rings. The van der Waals surface area contributed by atoms with Gasteiger partial charge in [0.05, 0.1) is 12.1 Å². The van der Waals surface area contributed by atoms with Gasteiger partial charge in [-0.1, -0.05) is 35.9 Å². The van der Waals surface area contributed by atoms with Crippen molar-refractivity contribution in [3.05, 3.63) is 47.0 Å². The molecule has 0 aromatic heterocycles. The van der Waals surface area contributed by atoms with Crippen molar-refractivity contribution in [1.82, 2.24) is 5.32 Å². The molecule has 0 aliphatic heterocycles. The fourth-order valence-corrected chi connectivity index (χ4v) is 2.33. The Morgan fingerprint density at radius 2 is 1.89 bits per heavy atom. The number of carbonyl (C=O) groups is 1. The van der Waals surface area contributed by atoms with E-state index in [9.17, 15) is 9.90 Å². The fourth-order valence-electron chi connectivity index (χ4n) is 2.20. The Kier molecular flexibility index (Phi) is 4.61. The van der Waals surface area contributed by atoms with Crippen LogP contribution in [0.1, 0.15) is 31.4 Å². The van der Waals surface area contributed by atoms with Gasteiger partial charge in [-0.3, -0.25) is 4.79 Å².